The second-order valence-electron chi connectivity index (χ2n) is 8.31. The summed E-state index contributed by atoms with van der Waals surface area (Å²) < 4.78 is 5.57. The first kappa shape index (κ1) is 21.9. The van der Waals surface area contributed by atoms with Crippen molar-refractivity contribution in [2.24, 2.45) is 0 Å². The van der Waals surface area contributed by atoms with Gasteiger partial charge >= 0.3 is 0 Å². The fourth-order valence-electron chi connectivity index (χ4n) is 4.19. The van der Waals surface area contributed by atoms with Gasteiger partial charge in [-0.3, -0.25) is 14.4 Å². The predicted octanol–water partition coefficient (Wildman–Crippen LogP) is 2.74. The van der Waals surface area contributed by atoms with Crippen LogP contribution in [0.2, 0.25) is 0 Å². The standard InChI is InChI=1S/C25H29N3O4/c1-2-14-32-21-11-7-18(8-12-21)15-26-24(30)20-9-5-19(6-10-20)16-27-17-23(29)28-13-3-4-22(28)25(27)31/h5-12,22H,2-4,13-17H2,1H3,(H,26,30)/t22-/m0/s1. The van der Waals surface area contributed by atoms with Gasteiger partial charge in [-0.25, -0.2) is 0 Å². The van der Waals surface area contributed by atoms with E-state index in [1.54, 1.807) is 21.9 Å². The van der Waals surface area contributed by atoms with Crippen molar-refractivity contribution in [2.75, 3.05) is 19.7 Å². The number of hydrogen-bond donors (Lipinski definition) is 1. The first-order valence-electron chi connectivity index (χ1n) is 11.2. The number of nitrogens with one attached hydrogen (secondary N) is 1. The Morgan fingerprint density at radius 3 is 2.50 bits per heavy atom. The third kappa shape index (κ3) is 4.93. The van der Waals surface area contributed by atoms with Crippen LogP contribution in [0.4, 0.5) is 0 Å². The Bertz CT molecular complexity index is 972. The molecule has 2 aromatic rings. The Kier molecular flexibility index (Phi) is 6.73. The lowest BCUT2D eigenvalue weighted by molar-refractivity contribution is -0.154. The van der Waals surface area contributed by atoms with E-state index in [4.69, 9.17) is 4.74 Å². The highest BCUT2D eigenvalue weighted by Crippen LogP contribution is 2.24. The quantitative estimate of drug-likeness (QED) is 0.692. The van der Waals surface area contributed by atoms with Crippen molar-refractivity contribution < 1.29 is 19.1 Å². The van der Waals surface area contributed by atoms with Crippen molar-refractivity contribution in [3.8, 4) is 5.75 Å². The lowest BCUT2D eigenvalue weighted by atomic mass is 10.1. The van der Waals surface area contributed by atoms with Crippen LogP contribution in [0.15, 0.2) is 48.5 Å². The molecule has 2 saturated heterocycles. The third-order valence-electron chi connectivity index (χ3n) is 5.93. The van der Waals surface area contributed by atoms with E-state index in [2.05, 4.69) is 12.2 Å². The van der Waals surface area contributed by atoms with E-state index in [0.29, 0.717) is 31.8 Å². The number of carbonyl (C=O) groups excluding carboxylic acids is 3. The molecule has 0 unspecified atom stereocenters. The molecule has 0 aromatic heterocycles. The van der Waals surface area contributed by atoms with Crippen molar-refractivity contribution in [3.63, 3.8) is 0 Å². The highest BCUT2D eigenvalue weighted by molar-refractivity contribution is 5.95. The monoisotopic (exact) mass is 435 g/mol. The number of rotatable bonds is 8. The molecule has 0 aliphatic carbocycles. The number of ether oxygens (including phenoxy) is 1. The van der Waals surface area contributed by atoms with Gasteiger partial charge < -0.3 is 19.9 Å². The molecule has 0 spiro atoms. The third-order valence-corrected chi connectivity index (χ3v) is 5.93. The summed E-state index contributed by atoms with van der Waals surface area (Å²) in [4.78, 5) is 40.8. The molecule has 1 atom stereocenters. The molecule has 7 heteroatoms. The Morgan fingerprint density at radius 2 is 1.78 bits per heavy atom. The van der Waals surface area contributed by atoms with Crippen molar-refractivity contribution in [3.05, 3.63) is 65.2 Å². The van der Waals surface area contributed by atoms with Crippen LogP contribution in [-0.4, -0.2) is 53.3 Å². The fourth-order valence-corrected chi connectivity index (χ4v) is 4.19. The van der Waals surface area contributed by atoms with Gasteiger partial charge in [-0.1, -0.05) is 31.2 Å². The largest absolute Gasteiger partial charge is 0.494 e. The molecule has 2 fully saturated rings. The van der Waals surface area contributed by atoms with Gasteiger partial charge in [-0.2, -0.15) is 0 Å². The summed E-state index contributed by atoms with van der Waals surface area (Å²) in [5.74, 6) is 0.712. The molecule has 3 amide bonds. The van der Waals surface area contributed by atoms with Gasteiger partial charge in [0.05, 0.1) is 6.61 Å². The number of nitrogens with zero attached hydrogens (tertiary/aromatic N) is 2. The van der Waals surface area contributed by atoms with Gasteiger partial charge in [0.25, 0.3) is 5.91 Å². The molecular formula is C25H29N3O4. The Hall–Kier alpha value is -3.35. The van der Waals surface area contributed by atoms with E-state index in [1.807, 2.05) is 36.4 Å². The molecule has 7 nitrogen and oxygen atoms in total. The highest BCUT2D eigenvalue weighted by atomic mass is 16.5. The molecule has 2 aliphatic heterocycles. The van der Waals surface area contributed by atoms with Gasteiger partial charge in [0, 0.05) is 25.2 Å². The topological polar surface area (TPSA) is 79.0 Å². The van der Waals surface area contributed by atoms with Gasteiger partial charge in [0.1, 0.15) is 18.3 Å². The minimum absolute atomic E-state index is 0.0213. The van der Waals surface area contributed by atoms with E-state index in [9.17, 15) is 14.4 Å². The van der Waals surface area contributed by atoms with Gasteiger partial charge in [0.2, 0.25) is 11.8 Å². The van der Waals surface area contributed by atoms with Crippen LogP contribution in [0.25, 0.3) is 0 Å². The molecule has 0 saturated carbocycles. The summed E-state index contributed by atoms with van der Waals surface area (Å²) in [6.45, 7) is 4.37. The van der Waals surface area contributed by atoms with Crippen molar-refractivity contribution in [1.82, 2.24) is 15.1 Å². The molecule has 2 aliphatic rings. The minimum atomic E-state index is -0.298. The number of benzene rings is 2. The van der Waals surface area contributed by atoms with E-state index < -0.39 is 0 Å². The molecule has 0 radical (unpaired) electrons. The highest BCUT2D eigenvalue weighted by Gasteiger charge is 2.41. The van der Waals surface area contributed by atoms with Crippen LogP contribution >= 0.6 is 0 Å². The molecule has 0 bridgehead atoms. The average molecular weight is 436 g/mol. The SMILES string of the molecule is CCCOc1ccc(CNC(=O)c2ccc(CN3CC(=O)N4CCC[C@H]4C3=O)cc2)cc1. The molecule has 32 heavy (non-hydrogen) atoms. The van der Waals surface area contributed by atoms with Crippen LogP contribution in [0.1, 0.15) is 47.7 Å². The van der Waals surface area contributed by atoms with E-state index in [1.165, 1.54) is 0 Å². The normalized spacial score (nSPS) is 18.0. The van der Waals surface area contributed by atoms with Crippen LogP contribution in [0, 0.1) is 0 Å². The average Bonchev–Trinajstić information content (AvgIpc) is 3.32. The summed E-state index contributed by atoms with van der Waals surface area (Å²) in [5.41, 5.74) is 2.45. The van der Waals surface area contributed by atoms with Crippen LogP contribution < -0.4 is 10.1 Å². The van der Waals surface area contributed by atoms with Crippen LogP contribution in [-0.2, 0) is 22.7 Å². The minimum Gasteiger partial charge on any atom is -0.494 e. The fraction of sp³-hybridized carbons (Fsp3) is 0.400. The summed E-state index contributed by atoms with van der Waals surface area (Å²) in [7, 11) is 0. The number of fused-ring (bicyclic) bond motifs is 1. The number of piperazine rings is 1. The number of hydrogen-bond acceptors (Lipinski definition) is 4. The summed E-state index contributed by atoms with van der Waals surface area (Å²) >= 11 is 0. The molecule has 168 valence electrons. The number of carbonyl (C=O) groups is 3. The number of amides is 3. The predicted molar refractivity (Wildman–Crippen MR) is 120 cm³/mol. The van der Waals surface area contributed by atoms with Gasteiger partial charge in [-0.15, -0.1) is 0 Å². The maximum atomic E-state index is 12.7. The second kappa shape index (κ2) is 9.85. The lowest BCUT2D eigenvalue weighted by Gasteiger charge is -2.36. The zero-order chi connectivity index (χ0) is 22.5. The Balaban J connectivity index is 1.30. The smallest absolute Gasteiger partial charge is 0.251 e. The molecule has 1 N–H and O–H groups in total. The molecule has 4 rings (SSSR count). The first-order valence-corrected chi connectivity index (χ1v) is 11.2. The molecule has 2 heterocycles. The van der Waals surface area contributed by atoms with E-state index >= 15 is 0 Å². The zero-order valence-electron chi connectivity index (χ0n) is 18.4. The Morgan fingerprint density at radius 1 is 1.06 bits per heavy atom. The lowest BCUT2D eigenvalue weighted by Crippen LogP contribution is -2.56. The second-order valence-corrected chi connectivity index (χ2v) is 8.31. The van der Waals surface area contributed by atoms with Crippen LogP contribution in [0.5, 0.6) is 5.75 Å². The summed E-state index contributed by atoms with van der Waals surface area (Å²) in [5, 5.41) is 2.92. The van der Waals surface area contributed by atoms with E-state index in [0.717, 1.165) is 36.1 Å². The van der Waals surface area contributed by atoms with E-state index in [-0.39, 0.29) is 30.3 Å². The van der Waals surface area contributed by atoms with Crippen LogP contribution in [0.3, 0.4) is 0 Å². The maximum absolute atomic E-state index is 12.7. The van der Waals surface area contributed by atoms with Gasteiger partial charge in [-0.05, 0) is 54.7 Å². The van der Waals surface area contributed by atoms with Crippen molar-refractivity contribution in [1.29, 1.82) is 0 Å². The Labute approximate surface area is 188 Å². The zero-order valence-corrected chi connectivity index (χ0v) is 18.4. The maximum Gasteiger partial charge on any atom is 0.251 e. The van der Waals surface area contributed by atoms with Gasteiger partial charge in [0.15, 0.2) is 0 Å². The summed E-state index contributed by atoms with van der Waals surface area (Å²) in [6.07, 6.45) is 2.59. The summed E-state index contributed by atoms with van der Waals surface area (Å²) in [6, 6.07) is 14.6. The van der Waals surface area contributed by atoms with Crippen molar-refractivity contribution >= 4 is 17.7 Å². The molecular weight excluding hydrogens is 406 g/mol. The molecule has 2 aromatic carbocycles. The first-order chi connectivity index (χ1) is 15.5. The van der Waals surface area contributed by atoms with Crippen molar-refractivity contribution in [2.45, 2.75) is 45.3 Å².